The molecule has 5 heteroatoms. The van der Waals surface area contributed by atoms with E-state index >= 15 is 0 Å². The number of nitrogens with one attached hydrogen (secondary N) is 2. The van der Waals surface area contributed by atoms with E-state index in [2.05, 4.69) is 32.9 Å². The molecule has 1 aromatic rings. The molecule has 0 aromatic carbocycles. The summed E-state index contributed by atoms with van der Waals surface area (Å²) < 4.78 is 6.54. The SMILES string of the molecule is COC(=O)NCCNC(C)c1cccn1C. The van der Waals surface area contributed by atoms with Gasteiger partial charge >= 0.3 is 6.09 Å². The molecule has 0 saturated carbocycles. The van der Waals surface area contributed by atoms with Crippen LogP contribution in [0.3, 0.4) is 0 Å². The van der Waals surface area contributed by atoms with E-state index in [-0.39, 0.29) is 6.04 Å². The smallest absolute Gasteiger partial charge is 0.406 e. The van der Waals surface area contributed by atoms with Gasteiger partial charge in [-0.1, -0.05) is 0 Å². The molecule has 90 valence electrons. The number of aromatic nitrogens is 1. The van der Waals surface area contributed by atoms with Crippen LogP contribution in [0, 0.1) is 0 Å². The predicted octanol–water partition coefficient (Wildman–Crippen LogP) is 1.03. The molecule has 0 saturated heterocycles. The van der Waals surface area contributed by atoms with Crippen LogP contribution in [-0.4, -0.2) is 30.9 Å². The molecule has 1 amide bonds. The van der Waals surface area contributed by atoms with Crippen molar-refractivity contribution in [3.8, 4) is 0 Å². The monoisotopic (exact) mass is 225 g/mol. The number of hydrogen-bond acceptors (Lipinski definition) is 3. The molecule has 0 aliphatic rings. The standard InChI is InChI=1S/C11H19N3O2/c1-9(10-5-4-8-14(10)2)12-6-7-13-11(15)16-3/h4-5,8-9,12H,6-7H2,1-3H3,(H,13,15). The Kier molecular flexibility index (Phi) is 4.85. The first kappa shape index (κ1) is 12.6. The number of amides is 1. The zero-order chi connectivity index (χ0) is 12.0. The van der Waals surface area contributed by atoms with Crippen LogP contribution in [-0.2, 0) is 11.8 Å². The fraction of sp³-hybridized carbons (Fsp3) is 0.545. The van der Waals surface area contributed by atoms with Gasteiger partial charge in [0, 0.05) is 38.1 Å². The number of carbonyl (C=O) groups excluding carboxylic acids is 1. The Labute approximate surface area is 95.8 Å². The molecule has 16 heavy (non-hydrogen) atoms. The Bertz CT molecular complexity index is 336. The lowest BCUT2D eigenvalue weighted by Crippen LogP contribution is -2.33. The van der Waals surface area contributed by atoms with Gasteiger partial charge in [-0.2, -0.15) is 0 Å². The van der Waals surface area contributed by atoms with Crippen LogP contribution in [0.15, 0.2) is 18.3 Å². The van der Waals surface area contributed by atoms with Crippen LogP contribution in [0.25, 0.3) is 0 Å². The summed E-state index contributed by atoms with van der Waals surface area (Å²) in [6.45, 7) is 3.36. The van der Waals surface area contributed by atoms with Gasteiger partial charge < -0.3 is 19.9 Å². The maximum atomic E-state index is 10.8. The second-order valence-electron chi connectivity index (χ2n) is 3.64. The minimum atomic E-state index is -0.395. The molecule has 1 aromatic heterocycles. The van der Waals surface area contributed by atoms with Crippen molar-refractivity contribution in [1.82, 2.24) is 15.2 Å². The van der Waals surface area contributed by atoms with Gasteiger partial charge in [0.15, 0.2) is 0 Å². The molecule has 0 fully saturated rings. The molecule has 5 nitrogen and oxygen atoms in total. The third kappa shape index (κ3) is 3.58. The van der Waals surface area contributed by atoms with Gasteiger partial charge in [0.2, 0.25) is 0 Å². The van der Waals surface area contributed by atoms with E-state index in [1.54, 1.807) is 0 Å². The van der Waals surface area contributed by atoms with Crippen molar-refractivity contribution in [3.05, 3.63) is 24.0 Å². The topological polar surface area (TPSA) is 55.3 Å². The van der Waals surface area contributed by atoms with Gasteiger partial charge in [-0.3, -0.25) is 0 Å². The first-order chi connectivity index (χ1) is 7.65. The quantitative estimate of drug-likeness (QED) is 0.736. The summed E-state index contributed by atoms with van der Waals surface area (Å²) in [6.07, 6.45) is 1.62. The maximum absolute atomic E-state index is 10.8. The molecule has 0 bridgehead atoms. The number of methoxy groups -OCH3 is 1. The van der Waals surface area contributed by atoms with E-state index in [0.717, 1.165) is 0 Å². The van der Waals surface area contributed by atoms with Crippen molar-refractivity contribution in [2.75, 3.05) is 20.2 Å². The Balaban J connectivity index is 2.23. The molecule has 0 aliphatic carbocycles. The molecule has 1 rings (SSSR count). The Morgan fingerprint density at radius 1 is 1.56 bits per heavy atom. The summed E-state index contributed by atoms with van der Waals surface area (Å²) in [5.74, 6) is 0. The van der Waals surface area contributed by atoms with Crippen molar-refractivity contribution in [2.24, 2.45) is 7.05 Å². The summed E-state index contributed by atoms with van der Waals surface area (Å²) in [4.78, 5) is 10.8. The minimum Gasteiger partial charge on any atom is -0.453 e. The lowest BCUT2D eigenvalue weighted by Gasteiger charge is -2.15. The van der Waals surface area contributed by atoms with Crippen LogP contribution in [0.2, 0.25) is 0 Å². The molecule has 1 unspecified atom stereocenters. The van der Waals surface area contributed by atoms with E-state index in [1.807, 2.05) is 19.3 Å². The van der Waals surface area contributed by atoms with Gasteiger partial charge in [-0.25, -0.2) is 4.79 Å². The first-order valence-electron chi connectivity index (χ1n) is 5.31. The largest absolute Gasteiger partial charge is 0.453 e. The summed E-state index contributed by atoms with van der Waals surface area (Å²) in [5.41, 5.74) is 1.22. The highest BCUT2D eigenvalue weighted by molar-refractivity contribution is 5.66. The third-order valence-corrected chi connectivity index (χ3v) is 2.46. The molecule has 0 aliphatic heterocycles. The minimum absolute atomic E-state index is 0.263. The van der Waals surface area contributed by atoms with E-state index < -0.39 is 6.09 Å². The number of hydrogen-bond donors (Lipinski definition) is 2. The molecule has 0 radical (unpaired) electrons. The third-order valence-electron chi connectivity index (χ3n) is 2.46. The number of alkyl carbamates (subject to hydrolysis) is 1. The fourth-order valence-corrected chi connectivity index (χ4v) is 1.55. The van der Waals surface area contributed by atoms with Gasteiger partial charge in [0.1, 0.15) is 0 Å². The number of nitrogens with zero attached hydrogens (tertiary/aromatic N) is 1. The van der Waals surface area contributed by atoms with Gasteiger partial charge in [0.05, 0.1) is 7.11 Å². The van der Waals surface area contributed by atoms with Crippen LogP contribution < -0.4 is 10.6 Å². The second kappa shape index (κ2) is 6.17. The van der Waals surface area contributed by atoms with Crippen LogP contribution in [0.1, 0.15) is 18.7 Å². The first-order valence-corrected chi connectivity index (χ1v) is 5.31. The summed E-state index contributed by atoms with van der Waals surface area (Å²) >= 11 is 0. The maximum Gasteiger partial charge on any atom is 0.406 e. The van der Waals surface area contributed by atoms with Crippen molar-refractivity contribution in [2.45, 2.75) is 13.0 Å². The zero-order valence-electron chi connectivity index (χ0n) is 9.99. The molecule has 0 spiro atoms. The molecular weight excluding hydrogens is 206 g/mol. The highest BCUT2D eigenvalue weighted by atomic mass is 16.5. The number of ether oxygens (including phenoxy) is 1. The molecule has 1 atom stereocenters. The van der Waals surface area contributed by atoms with Crippen molar-refractivity contribution < 1.29 is 9.53 Å². The van der Waals surface area contributed by atoms with Crippen LogP contribution in [0.4, 0.5) is 4.79 Å². The lowest BCUT2D eigenvalue weighted by atomic mass is 10.2. The summed E-state index contributed by atoms with van der Waals surface area (Å²) in [6, 6.07) is 4.35. The van der Waals surface area contributed by atoms with E-state index in [0.29, 0.717) is 13.1 Å². The van der Waals surface area contributed by atoms with Crippen LogP contribution in [0.5, 0.6) is 0 Å². The Morgan fingerprint density at radius 2 is 2.31 bits per heavy atom. The number of carbonyl (C=O) groups is 1. The van der Waals surface area contributed by atoms with Crippen molar-refractivity contribution in [1.29, 1.82) is 0 Å². The Morgan fingerprint density at radius 3 is 2.88 bits per heavy atom. The molecular formula is C11H19N3O2. The number of aryl methyl sites for hydroxylation is 1. The van der Waals surface area contributed by atoms with Gasteiger partial charge in [0.25, 0.3) is 0 Å². The van der Waals surface area contributed by atoms with E-state index in [9.17, 15) is 4.79 Å². The molecule has 2 N–H and O–H groups in total. The number of rotatable bonds is 5. The van der Waals surface area contributed by atoms with E-state index in [1.165, 1.54) is 12.8 Å². The average molecular weight is 225 g/mol. The summed E-state index contributed by atoms with van der Waals surface area (Å²) in [5, 5.41) is 5.93. The van der Waals surface area contributed by atoms with Crippen molar-refractivity contribution >= 4 is 6.09 Å². The van der Waals surface area contributed by atoms with Gasteiger partial charge in [-0.05, 0) is 19.1 Å². The second-order valence-corrected chi connectivity index (χ2v) is 3.64. The van der Waals surface area contributed by atoms with Crippen molar-refractivity contribution in [3.63, 3.8) is 0 Å². The zero-order valence-corrected chi connectivity index (χ0v) is 9.99. The lowest BCUT2D eigenvalue weighted by molar-refractivity contribution is 0.171. The Hall–Kier alpha value is -1.49. The summed E-state index contributed by atoms with van der Waals surface area (Å²) in [7, 11) is 3.37. The molecule has 1 heterocycles. The van der Waals surface area contributed by atoms with E-state index in [4.69, 9.17) is 0 Å². The van der Waals surface area contributed by atoms with Gasteiger partial charge in [-0.15, -0.1) is 0 Å². The average Bonchev–Trinajstić information content (AvgIpc) is 2.70. The predicted molar refractivity (Wildman–Crippen MR) is 62.2 cm³/mol. The van der Waals surface area contributed by atoms with Crippen LogP contribution >= 0.6 is 0 Å². The fourth-order valence-electron chi connectivity index (χ4n) is 1.55. The highest BCUT2D eigenvalue weighted by Gasteiger charge is 2.07. The normalized spacial score (nSPS) is 12.2. The highest BCUT2D eigenvalue weighted by Crippen LogP contribution is 2.10.